The smallest absolute Gasteiger partial charge is 0.330 e. The zero-order chi connectivity index (χ0) is 24.3. The Balaban J connectivity index is 1.78. The Labute approximate surface area is 203 Å². The summed E-state index contributed by atoms with van der Waals surface area (Å²) in [5.74, 6) is 0.689. The van der Waals surface area contributed by atoms with Gasteiger partial charge in [0.05, 0.1) is 22.6 Å². The SMILES string of the molecule is Cc1c(-c2ccccc2)nc(-c2ccccc2)nc1-c1cccc([B]OC(C)(C)C(C)(C)O)c1. The first-order valence-electron chi connectivity index (χ1n) is 11.5. The Morgan fingerprint density at radius 1 is 0.706 bits per heavy atom. The second kappa shape index (κ2) is 9.53. The van der Waals surface area contributed by atoms with Gasteiger partial charge in [-0.25, -0.2) is 9.97 Å². The summed E-state index contributed by atoms with van der Waals surface area (Å²) in [6.07, 6.45) is 0. The van der Waals surface area contributed by atoms with E-state index in [9.17, 15) is 5.11 Å². The molecule has 3 aromatic carbocycles. The zero-order valence-electron chi connectivity index (χ0n) is 20.4. The van der Waals surface area contributed by atoms with Crippen molar-refractivity contribution in [2.75, 3.05) is 0 Å². The first-order chi connectivity index (χ1) is 16.2. The molecule has 1 N–H and O–H groups in total. The van der Waals surface area contributed by atoms with Crippen molar-refractivity contribution in [2.45, 2.75) is 45.8 Å². The normalized spacial score (nSPS) is 11.9. The Kier molecular flexibility index (Phi) is 6.69. The molecule has 0 spiro atoms. The lowest BCUT2D eigenvalue weighted by Crippen LogP contribution is -2.49. The van der Waals surface area contributed by atoms with E-state index in [1.807, 2.05) is 74.5 Å². The van der Waals surface area contributed by atoms with Crippen LogP contribution in [0, 0.1) is 6.92 Å². The van der Waals surface area contributed by atoms with Crippen molar-refractivity contribution >= 4 is 12.9 Å². The van der Waals surface area contributed by atoms with Crippen LogP contribution in [-0.4, -0.2) is 33.8 Å². The Morgan fingerprint density at radius 2 is 1.24 bits per heavy atom. The van der Waals surface area contributed by atoms with Crippen molar-refractivity contribution in [1.29, 1.82) is 0 Å². The highest BCUT2D eigenvalue weighted by molar-refractivity contribution is 6.47. The van der Waals surface area contributed by atoms with Crippen molar-refractivity contribution < 1.29 is 9.76 Å². The molecule has 34 heavy (non-hydrogen) atoms. The third-order valence-corrected chi connectivity index (χ3v) is 6.35. The summed E-state index contributed by atoms with van der Waals surface area (Å²) in [7, 11) is 1.70. The van der Waals surface area contributed by atoms with E-state index in [2.05, 4.69) is 31.2 Å². The average molecular weight is 449 g/mol. The molecular weight excluding hydrogens is 419 g/mol. The summed E-state index contributed by atoms with van der Waals surface area (Å²) in [5, 5.41) is 10.4. The zero-order valence-corrected chi connectivity index (χ0v) is 20.4. The summed E-state index contributed by atoms with van der Waals surface area (Å²) >= 11 is 0. The number of hydrogen-bond donors (Lipinski definition) is 1. The van der Waals surface area contributed by atoms with Crippen LogP contribution in [0.3, 0.4) is 0 Å². The highest BCUT2D eigenvalue weighted by atomic mass is 16.5. The van der Waals surface area contributed by atoms with Gasteiger partial charge in [-0.2, -0.15) is 0 Å². The van der Waals surface area contributed by atoms with Crippen LogP contribution >= 0.6 is 0 Å². The van der Waals surface area contributed by atoms with Gasteiger partial charge in [0.25, 0.3) is 0 Å². The third-order valence-electron chi connectivity index (χ3n) is 6.35. The second-order valence-electron chi connectivity index (χ2n) is 9.53. The monoisotopic (exact) mass is 449 g/mol. The van der Waals surface area contributed by atoms with E-state index in [1.54, 1.807) is 21.3 Å². The summed E-state index contributed by atoms with van der Waals surface area (Å²) in [4.78, 5) is 9.93. The van der Waals surface area contributed by atoms with E-state index in [-0.39, 0.29) is 0 Å². The largest absolute Gasteiger partial charge is 0.427 e. The lowest BCUT2D eigenvalue weighted by atomic mass is 9.82. The molecule has 0 fully saturated rings. The second-order valence-corrected chi connectivity index (χ2v) is 9.53. The number of aliphatic hydroxyl groups is 1. The maximum absolute atomic E-state index is 10.4. The van der Waals surface area contributed by atoms with E-state index < -0.39 is 11.2 Å². The van der Waals surface area contributed by atoms with E-state index >= 15 is 0 Å². The van der Waals surface area contributed by atoms with Crippen molar-refractivity contribution in [3.05, 3.63) is 90.5 Å². The maximum atomic E-state index is 10.4. The van der Waals surface area contributed by atoms with Crippen LogP contribution in [0.25, 0.3) is 33.9 Å². The van der Waals surface area contributed by atoms with Crippen molar-refractivity contribution in [1.82, 2.24) is 9.97 Å². The van der Waals surface area contributed by atoms with Gasteiger partial charge in [-0.3, -0.25) is 0 Å². The number of aromatic nitrogens is 2. The quantitative estimate of drug-likeness (QED) is 0.374. The molecule has 4 aromatic rings. The van der Waals surface area contributed by atoms with Gasteiger partial charge < -0.3 is 9.76 Å². The molecular formula is C29H30BN2O2. The van der Waals surface area contributed by atoms with Crippen LogP contribution in [0.15, 0.2) is 84.9 Å². The predicted octanol–water partition coefficient (Wildman–Crippen LogP) is 5.60. The van der Waals surface area contributed by atoms with Gasteiger partial charge in [-0.15, -0.1) is 0 Å². The molecule has 4 nitrogen and oxygen atoms in total. The lowest BCUT2D eigenvalue weighted by molar-refractivity contribution is -0.0893. The third kappa shape index (κ3) is 5.11. The van der Waals surface area contributed by atoms with Gasteiger partial charge in [0.15, 0.2) is 5.82 Å². The van der Waals surface area contributed by atoms with Gasteiger partial charge >= 0.3 is 7.48 Å². The molecule has 0 bridgehead atoms. The maximum Gasteiger partial charge on any atom is 0.330 e. The summed E-state index contributed by atoms with van der Waals surface area (Å²) in [5.41, 5.74) is 4.98. The van der Waals surface area contributed by atoms with Crippen LogP contribution in [0.4, 0.5) is 0 Å². The summed E-state index contributed by atoms with van der Waals surface area (Å²) < 4.78 is 5.98. The minimum atomic E-state index is -0.987. The molecule has 0 aliphatic rings. The van der Waals surface area contributed by atoms with Gasteiger partial charge in [-0.1, -0.05) is 90.4 Å². The molecule has 0 saturated heterocycles. The van der Waals surface area contributed by atoms with Crippen molar-refractivity contribution in [3.8, 4) is 33.9 Å². The molecule has 1 heterocycles. The molecule has 171 valence electrons. The van der Waals surface area contributed by atoms with E-state index in [4.69, 9.17) is 14.6 Å². The minimum Gasteiger partial charge on any atom is -0.427 e. The van der Waals surface area contributed by atoms with Gasteiger partial charge in [-0.05, 0) is 34.6 Å². The fraction of sp³-hybridized carbons (Fsp3) is 0.241. The van der Waals surface area contributed by atoms with E-state index in [0.717, 1.165) is 39.1 Å². The molecule has 0 aliphatic heterocycles. The molecule has 0 aliphatic carbocycles. The molecule has 1 aromatic heterocycles. The number of nitrogens with zero attached hydrogens (tertiary/aromatic N) is 2. The molecule has 5 heteroatoms. The highest BCUT2D eigenvalue weighted by Gasteiger charge is 2.35. The predicted molar refractivity (Wildman–Crippen MR) is 140 cm³/mol. The van der Waals surface area contributed by atoms with Crippen LogP contribution in [0.2, 0.25) is 0 Å². The molecule has 0 atom stereocenters. The van der Waals surface area contributed by atoms with Crippen LogP contribution in [0.1, 0.15) is 33.3 Å². The van der Waals surface area contributed by atoms with Crippen LogP contribution in [-0.2, 0) is 4.65 Å². The number of rotatable bonds is 7. The Bertz CT molecular complexity index is 1270. The minimum absolute atomic E-state index is 0.689. The Hall–Kier alpha value is -3.28. The standard InChI is InChI=1S/C29H30BN2O2/c1-20-25(21-13-8-6-9-14-21)31-27(22-15-10-7-11-16-22)32-26(20)23-17-12-18-24(19-23)30-34-29(4,5)28(2,3)33/h6-19,33H,1-5H3. The summed E-state index contributed by atoms with van der Waals surface area (Å²) in [6.45, 7) is 9.31. The van der Waals surface area contributed by atoms with E-state index in [0.29, 0.717) is 5.82 Å². The molecule has 4 rings (SSSR count). The van der Waals surface area contributed by atoms with Gasteiger partial charge in [0, 0.05) is 22.3 Å². The van der Waals surface area contributed by atoms with Crippen molar-refractivity contribution in [3.63, 3.8) is 0 Å². The molecule has 1 radical (unpaired) electrons. The lowest BCUT2D eigenvalue weighted by Gasteiger charge is -2.37. The molecule has 0 unspecified atom stereocenters. The van der Waals surface area contributed by atoms with Gasteiger partial charge in [0.1, 0.15) is 0 Å². The van der Waals surface area contributed by atoms with Gasteiger partial charge in [0.2, 0.25) is 0 Å². The average Bonchev–Trinajstić information content (AvgIpc) is 2.83. The molecule has 0 saturated carbocycles. The Morgan fingerprint density at radius 3 is 1.82 bits per heavy atom. The van der Waals surface area contributed by atoms with Crippen LogP contribution in [0.5, 0.6) is 0 Å². The first kappa shape index (κ1) is 23.9. The highest BCUT2D eigenvalue weighted by Crippen LogP contribution is 2.31. The van der Waals surface area contributed by atoms with Crippen molar-refractivity contribution in [2.24, 2.45) is 0 Å². The fourth-order valence-corrected chi connectivity index (χ4v) is 3.51. The first-order valence-corrected chi connectivity index (χ1v) is 11.5. The van der Waals surface area contributed by atoms with E-state index in [1.165, 1.54) is 0 Å². The summed E-state index contributed by atoms with van der Waals surface area (Å²) in [6, 6.07) is 28.3. The number of benzene rings is 3. The fourth-order valence-electron chi connectivity index (χ4n) is 3.51. The topological polar surface area (TPSA) is 55.2 Å². The van der Waals surface area contributed by atoms with Crippen LogP contribution < -0.4 is 5.46 Å². The number of hydrogen-bond acceptors (Lipinski definition) is 4. The molecule has 0 amide bonds.